The molecule has 0 spiro atoms. The van der Waals surface area contributed by atoms with Gasteiger partial charge in [0.1, 0.15) is 11.5 Å². The molecule has 2 rings (SSSR count). The summed E-state index contributed by atoms with van der Waals surface area (Å²) < 4.78 is 0. The summed E-state index contributed by atoms with van der Waals surface area (Å²) in [6, 6.07) is 0. The quantitative estimate of drug-likeness (QED) is 0.544. The molecule has 0 atom stereocenters. The number of carbonyl (C=O) groups excluding carboxylic acids is 1. The van der Waals surface area contributed by atoms with Crippen molar-refractivity contribution in [2.75, 3.05) is 6.54 Å². The number of thioether (sulfide) groups is 1. The third-order valence-electron chi connectivity index (χ3n) is 1.51. The van der Waals surface area contributed by atoms with Crippen LogP contribution in [0.25, 0.3) is 0 Å². The average Bonchev–Trinajstić information content (AvgIpc) is 2.46. The van der Waals surface area contributed by atoms with Crippen molar-refractivity contribution in [2.45, 2.75) is 0 Å². The van der Waals surface area contributed by atoms with Crippen LogP contribution in [0.4, 0.5) is 0 Å². The van der Waals surface area contributed by atoms with Crippen molar-refractivity contribution in [1.82, 2.24) is 4.90 Å². The number of rotatable bonds is 1. The van der Waals surface area contributed by atoms with Crippen molar-refractivity contribution in [2.24, 2.45) is 4.99 Å². The van der Waals surface area contributed by atoms with E-state index in [2.05, 4.69) is 4.99 Å². The first kappa shape index (κ1) is 6.67. The lowest BCUT2D eigenvalue weighted by molar-refractivity contribution is -0.102. The number of aliphatic imine (C=N–C) groups is 1. The smallest absolute Gasteiger partial charge is 0.166 e. The first-order valence-corrected chi connectivity index (χ1v) is 4.16. The number of fused-ring (bicyclic) bond motifs is 1. The number of hydrogen-bond donors (Lipinski definition) is 0. The minimum Gasteiger partial charge on any atom is -0.326 e. The van der Waals surface area contributed by atoms with Gasteiger partial charge in [0.15, 0.2) is 6.29 Å². The molecule has 4 heteroatoms. The van der Waals surface area contributed by atoms with Crippen molar-refractivity contribution in [3.8, 4) is 0 Å². The lowest BCUT2D eigenvalue weighted by atomic mass is 10.4. The Balaban J connectivity index is 2.27. The van der Waals surface area contributed by atoms with E-state index in [-0.39, 0.29) is 0 Å². The van der Waals surface area contributed by atoms with Crippen LogP contribution in [0, 0.1) is 0 Å². The highest BCUT2D eigenvalue weighted by Crippen LogP contribution is 2.23. The van der Waals surface area contributed by atoms with Crippen LogP contribution in [-0.4, -0.2) is 23.4 Å². The maximum absolute atomic E-state index is 10.3. The van der Waals surface area contributed by atoms with Crippen molar-refractivity contribution >= 4 is 23.8 Å². The van der Waals surface area contributed by atoms with E-state index in [1.165, 1.54) is 0 Å². The maximum atomic E-state index is 10.3. The monoisotopic (exact) mass is 166 g/mol. The van der Waals surface area contributed by atoms with Crippen LogP contribution >= 0.6 is 11.8 Å². The van der Waals surface area contributed by atoms with Crippen molar-refractivity contribution in [3.63, 3.8) is 0 Å². The van der Waals surface area contributed by atoms with Gasteiger partial charge in [0.25, 0.3) is 0 Å². The first-order chi connectivity index (χ1) is 5.40. The van der Waals surface area contributed by atoms with Crippen LogP contribution in [0.5, 0.6) is 0 Å². The molecule has 0 aromatic rings. The number of carbonyl (C=O) groups is 1. The Labute approximate surface area is 68.5 Å². The van der Waals surface area contributed by atoms with E-state index in [9.17, 15) is 4.79 Å². The largest absolute Gasteiger partial charge is 0.326 e. The zero-order valence-corrected chi connectivity index (χ0v) is 6.54. The van der Waals surface area contributed by atoms with E-state index in [1.807, 2.05) is 21.9 Å². The van der Waals surface area contributed by atoms with Gasteiger partial charge in [-0.3, -0.25) is 4.79 Å². The molecule has 2 aliphatic rings. The van der Waals surface area contributed by atoms with Crippen LogP contribution in [0.2, 0.25) is 0 Å². The minimum absolute atomic E-state index is 0.600. The van der Waals surface area contributed by atoms with Gasteiger partial charge in [0.05, 0.1) is 6.54 Å². The molecule has 0 radical (unpaired) electrons. The van der Waals surface area contributed by atoms with E-state index < -0.39 is 0 Å². The first-order valence-electron chi connectivity index (χ1n) is 3.22. The second-order valence-electron chi connectivity index (χ2n) is 2.25. The van der Waals surface area contributed by atoms with Gasteiger partial charge in [-0.15, -0.1) is 11.8 Å². The zero-order valence-electron chi connectivity index (χ0n) is 5.73. The molecule has 0 fully saturated rings. The lowest BCUT2D eigenvalue weighted by Gasteiger charge is -2.14. The van der Waals surface area contributed by atoms with Crippen LogP contribution < -0.4 is 0 Å². The summed E-state index contributed by atoms with van der Waals surface area (Å²) in [4.78, 5) is 16.4. The fraction of sp³-hybridized carbons (Fsp3) is 0.143. The second kappa shape index (κ2) is 2.54. The Morgan fingerprint density at radius 3 is 3.36 bits per heavy atom. The number of aldehydes is 1. The van der Waals surface area contributed by atoms with Gasteiger partial charge >= 0.3 is 0 Å². The fourth-order valence-electron chi connectivity index (χ4n) is 0.998. The van der Waals surface area contributed by atoms with Crippen molar-refractivity contribution < 1.29 is 4.79 Å². The van der Waals surface area contributed by atoms with E-state index in [0.717, 1.165) is 12.1 Å². The molecule has 2 aliphatic heterocycles. The van der Waals surface area contributed by atoms with Crippen LogP contribution in [0.3, 0.4) is 0 Å². The van der Waals surface area contributed by atoms with Gasteiger partial charge in [-0.05, 0) is 5.41 Å². The number of nitrogens with zero attached hydrogens (tertiary/aromatic N) is 2. The molecule has 56 valence electrons. The minimum atomic E-state index is 0.600. The summed E-state index contributed by atoms with van der Waals surface area (Å²) >= 11 is 1.58. The summed E-state index contributed by atoms with van der Waals surface area (Å²) in [7, 11) is 0. The van der Waals surface area contributed by atoms with Gasteiger partial charge < -0.3 is 4.90 Å². The third kappa shape index (κ3) is 1.09. The fourth-order valence-corrected chi connectivity index (χ4v) is 1.60. The number of hydrogen-bond acceptors (Lipinski definition) is 4. The van der Waals surface area contributed by atoms with Gasteiger partial charge in [-0.25, -0.2) is 4.99 Å². The predicted molar refractivity (Wildman–Crippen MR) is 45.0 cm³/mol. The molecule has 0 aromatic heterocycles. The van der Waals surface area contributed by atoms with Crippen molar-refractivity contribution in [3.05, 3.63) is 22.8 Å². The normalized spacial score (nSPS) is 20.9. The van der Waals surface area contributed by atoms with E-state index in [0.29, 0.717) is 12.3 Å². The Hall–Kier alpha value is -1.03. The third-order valence-corrected chi connectivity index (χ3v) is 2.14. The topological polar surface area (TPSA) is 32.7 Å². The van der Waals surface area contributed by atoms with Gasteiger partial charge in [0, 0.05) is 11.6 Å². The molecule has 0 unspecified atom stereocenters. The average molecular weight is 166 g/mol. The molecule has 11 heavy (non-hydrogen) atoms. The van der Waals surface area contributed by atoms with Gasteiger partial charge in [-0.2, -0.15) is 0 Å². The SMILES string of the molecule is O=CC1=NC2=CSC=CN2C1. The Morgan fingerprint density at radius 2 is 2.64 bits per heavy atom. The van der Waals surface area contributed by atoms with E-state index in [1.54, 1.807) is 11.8 Å². The predicted octanol–water partition coefficient (Wildman–Crippen LogP) is 0.959. The molecule has 0 saturated heterocycles. The maximum Gasteiger partial charge on any atom is 0.166 e. The molecule has 0 amide bonds. The molecule has 3 nitrogen and oxygen atoms in total. The Kier molecular flexibility index (Phi) is 1.54. The zero-order chi connectivity index (χ0) is 7.68. The molecule has 0 aromatic carbocycles. The summed E-state index contributed by atoms with van der Waals surface area (Å²) in [5.41, 5.74) is 0.600. The molecular weight excluding hydrogens is 160 g/mol. The Morgan fingerprint density at radius 1 is 1.73 bits per heavy atom. The lowest BCUT2D eigenvalue weighted by Crippen LogP contribution is -2.16. The highest BCUT2D eigenvalue weighted by Gasteiger charge is 2.18. The standard InChI is InChI=1S/C7H6N2OS/c10-4-6-3-9-1-2-11-5-7(9)8-6/h1-2,4-5H,3H2. The molecule has 0 aliphatic carbocycles. The highest BCUT2D eigenvalue weighted by molar-refractivity contribution is 8.04. The van der Waals surface area contributed by atoms with Gasteiger partial charge in [0.2, 0.25) is 0 Å². The van der Waals surface area contributed by atoms with Crippen LogP contribution in [-0.2, 0) is 4.79 Å². The highest BCUT2D eigenvalue weighted by atomic mass is 32.2. The van der Waals surface area contributed by atoms with Crippen LogP contribution in [0.1, 0.15) is 0 Å². The van der Waals surface area contributed by atoms with E-state index in [4.69, 9.17) is 0 Å². The van der Waals surface area contributed by atoms with E-state index >= 15 is 0 Å². The molecule has 0 N–H and O–H groups in total. The molecule has 0 bridgehead atoms. The molecule has 0 saturated carbocycles. The summed E-state index contributed by atoms with van der Waals surface area (Å²) in [6.07, 6.45) is 2.73. The molecular formula is C7H6N2OS. The van der Waals surface area contributed by atoms with Gasteiger partial charge in [-0.1, -0.05) is 0 Å². The Bertz CT molecular complexity index is 280. The summed E-state index contributed by atoms with van der Waals surface area (Å²) in [5, 5.41) is 3.89. The van der Waals surface area contributed by atoms with Crippen LogP contribution in [0.15, 0.2) is 27.8 Å². The van der Waals surface area contributed by atoms with Crippen molar-refractivity contribution in [1.29, 1.82) is 0 Å². The summed E-state index contributed by atoms with van der Waals surface area (Å²) in [6.45, 7) is 0.617. The molecule has 2 heterocycles. The second-order valence-corrected chi connectivity index (χ2v) is 3.03. The summed E-state index contributed by atoms with van der Waals surface area (Å²) in [5.74, 6) is 0.875.